The second-order valence-electron chi connectivity index (χ2n) is 5.22. The minimum Gasteiger partial charge on any atom is -0.496 e. The molecule has 0 aliphatic heterocycles. The van der Waals surface area contributed by atoms with Crippen LogP contribution in [0.25, 0.3) is 0 Å². The van der Waals surface area contributed by atoms with Gasteiger partial charge in [0.05, 0.1) is 7.11 Å². The average Bonchev–Trinajstić information content (AvgIpc) is 2.55. The number of anilines is 1. The minimum atomic E-state index is 0.0122. The van der Waals surface area contributed by atoms with Crippen molar-refractivity contribution in [1.29, 1.82) is 0 Å². The maximum atomic E-state index is 11.9. The van der Waals surface area contributed by atoms with E-state index in [1.807, 2.05) is 49.4 Å². The second-order valence-corrected chi connectivity index (χ2v) is 6.14. The van der Waals surface area contributed by atoms with Crippen molar-refractivity contribution in [2.75, 3.05) is 19.0 Å². The van der Waals surface area contributed by atoms with Crippen LogP contribution >= 0.6 is 15.9 Å². The summed E-state index contributed by atoms with van der Waals surface area (Å²) in [5, 5.41) is 6.20. The zero-order valence-electron chi connectivity index (χ0n) is 13.4. The highest BCUT2D eigenvalue weighted by Crippen LogP contribution is 2.20. The lowest BCUT2D eigenvalue weighted by Gasteiger charge is -2.11. The number of benzene rings is 2. The standard InChI is InChI=1S/C18H21BrN2O2/c1-13-11-15(19)7-8-16(13)20-10-9-18(22)21-12-14-5-3-4-6-17(14)23-2/h3-8,11,20H,9-10,12H2,1-2H3,(H,21,22). The predicted molar refractivity (Wildman–Crippen MR) is 96.8 cm³/mol. The number of rotatable bonds is 7. The van der Waals surface area contributed by atoms with Crippen LogP contribution < -0.4 is 15.4 Å². The Morgan fingerprint density at radius 3 is 2.74 bits per heavy atom. The van der Waals surface area contributed by atoms with Crippen LogP contribution in [-0.2, 0) is 11.3 Å². The molecule has 4 nitrogen and oxygen atoms in total. The Kier molecular flexibility index (Phi) is 6.47. The van der Waals surface area contributed by atoms with Crippen molar-refractivity contribution in [1.82, 2.24) is 5.32 Å². The average molecular weight is 377 g/mol. The molecule has 0 aliphatic carbocycles. The number of hydrogen-bond donors (Lipinski definition) is 2. The van der Waals surface area contributed by atoms with Crippen molar-refractivity contribution >= 4 is 27.5 Å². The second kappa shape index (κ2) is 8.58. The monoisotopic (exact) mass is 376 g/mol. The smallest absolute Gasteiger partial charge is 0.222 e. The number of para-hydroxylation sites is 1. The molecular weight excluding hydrogens is 356 g/mol. The Hall–Kier alpha value is -2.01. The van der Waals surface area contributed by atoms with E-state index >= 15 is 0 Å². The molecule has 122 valence electrons. The van der Waals surface area contributed by atoms with E-state index in [2.05, 4.69) is 26.6 Å². The largest absolute Gasteiger partial charge is 0.496 e. The van der Waals surface area contributed by atoms with Crippen LogP contribution in [0.15, 0.2) is 46.9 Å². The lowest BCUT2D eigenvalue weighted by Crippen LogP contribution is -2.25. The van der Waals surface area contributed by atoms with Crippen molar-refractivity contribution in [3.8, 4) is 5.75 Å². The molecule has 0 radical (unpaired) electrons. The Morgan fingerprint density at radius 2 is 2.00 bits per heavy atom. The molecule has 0 aliphatic rings. The summed E-state index contributed by atoms with van der Waals surface area (Å²) in [6.07, 6.45) is 0.421. The van der Waals surface area contributed by atoms with Gasteiger partial charge in [0.2, 0.25) is 5.91 Å². The molecule has 0 spiro atoms. The molecule has 0 aromatic heterocycles. The molecule has 1 amide bonds. The van der Waals surface area contributed by atoms with Crippen LogP contribution in [0.4, 0.5) is 5.69 Å². The predicted octanol–water partition coefficient (Wildman–Crippen LogP) is 3.88. The number of nitrogens with one attached hydrogen (secondary N) is 2. The first kappa shape index (κ1) is 17.3. The van der Waals surface area contributed by atoms with Gasteiger partial charge in [-0.3, -0.25) is 4.79 Å². The Balaban J connectivity index is 1.77. The number of carbonyl (C=O) groups is 1. The summed E-state index contributed by atoms with van der Waals surface area (Å²) in [5.41, 5.74) is 3.17. The van der Waals surface area contributed by atoms with Gasteiger partial charge in [-0.1, -0.05) is 34.1 Å². The van der Waals surface area contributed by atoms with Gasteiger partial charge in [-0.2, -0.15) is 0 Å². The van der Waals surface area contributed by atoms with Crippen molar-refractivity contribution in [3.63, 3.8) is 0 Å². The number of halogens is 1. The van der Waals surface area contributed by atoms with Crippen molar-refractivity contribution < 1.29 is 9.53 Å². The third kappa shape index (κ3) is 5.28. The summed E-state index contributed by atoms with van der Waals surface area (Å²) in [6, 6.07) is 13.7. The number of hydrogen-bond acceptors (Lipinski definition) is 3. The molecule has 0 fully saturated rings. The van der Waals surface area contributed by atoms with Gasteiger partial charge in [0.1, 0.15) is 5.75 Å². The van der Waals surface area contributed by atoms with E-state index in [0.717, 1.165) is 27.0 Å². The molecule has 5 heteroatoms. The fourth-order valence-electron chi connectivity index (χ4n) is 2.27. The van der Waals surface area contributed by atoms with Gasteiger partial charge in [-0.15, -0.1) is 0 Å². The van der Waals surface area contributed by atoms with Gasteiger partial charge in [0.15, 0.2) is 0 Å². The van der Waals surface area contributed by atoms with E-state index in [1.165, 1.54) is 0 Å². The molecule has 2 N–H and O–H groups in total. The van der Waals surface area contributed by atoms with Crippen molar-refractivity contribution in [2.45, 2.75) is 19.9 Å². The quantitative estimate of drug-likeness (QED) is 0.770. The van der Waals surface area contributed by atoms with Crippen LogP contribution in [0.3, 0.4) is 0 Å². The van der Waals surface area contributed by atoms with Crippen LogP contribution in [0.2, 0.25) is 0 Å². The maximum absolute atomic E-state index is 11.9. The van der Waals surface area contributed by atoms with Crippen LogP contribution in [-0.4, -0.2) is 19.6 Å². The Bertz CT molecular complexity index is 674. The van der Waals surface area contributed by atoms with E-state index in [0.29, 0.717) is 19.5 Å². The molecule has 2 rings (SSSR count). The number of carbonyl (C=O) groups excluding carboxylic acids is 1. The molecule has 0 unspecified atom stereocenters. The number of aryl methyl sites for hydroxylation is 1. The van der Waals surface area contributed by atoms with Gasteiger partial charge in [-0.05, 0) is 36.8 Å². The molecule has 0 atom stereocenters. The first-order chi connectivity index (χ1) is 11.1. The first-order valence-electron chi connectivity index (χ1n) is 7.49. The van der Waals surface area contributed by atoms with E-state index < -0.39 is 0 Å². The van der Waals surface area contributed by atoms with Gasteiger partial charge in [0.25, 0.3) is 0 Å². The normalized spacial score (nSPS) is 10.2. The summed E-state index contributed by atoms with van der Waals surface area (Å²) < 4.78 is 6.32. The zero-order valence-corrected chi connectivity index (χ0v) is 14.9. The highest BCUT2D eigenvalue weighted by atomic mass is 79.9. The van der Waals surface area contributed by atoms with Crippen molar-refractivity contribution in [2.24, 2.45) is 0 Å². The fraction of sp³-hybridized carbons (Fsp3) is 0.278. The molecule has 0 saturated carbocycles. The maximum Gasteiger partial charge on any atom is 0.222 e. The van der Waals surface area contributed by atoms with E-state index in [1.54, 1.807) is 7.11 Å². The highest BCUT2D eigenvalue weighted by molar-refractivity contribution is 9.10. The number of amides is 1. The Morgan fingerprint density at radius 1 is 1.22 bits per heavy atom. The lowest BCUT2D eigenvalue weighted by molar-refractivity contribution is -0.121. The van der Waals surface area contributed by atoms with E-state index in [9.17, 15) is 4.79 Å². The summed E-state index contributed by atoms with van der Waals surface area (Å²) in [5.74, 6) is 0.801. The zero-order chi connectivity index (χ0) is 16.7. The number of methoxy groups -OCH3 is 1. The minimum absolute atomic E-state index is 0.0122. The molecular formula is C18H21BrN2O2. The van der Waals surface area contributed by atoms with E-state index in [-0.39, 0.29) is 5.91 Å². The summed E-state index contributed by atoms with van der Waals surface area (Å²) in [7, 11) is 1.63. The SMILES string of the molecule is COc1ccccc1CNC(=O)CCNc1ccc(Br)cc1C. The van der Waals surface area contributed by atoms with Gasteiger partial charge in [-0.25, -0.2) is 0 Å². The van der Waals surface area contributed by atoms with Crippen LogP contribution in [0.5, 0.6) is 5.75 Å². The van der Waals surface area contributed by atoms with Gasteiger partial charge < -0.3 is 15.4 Å². The fourth-order valence-corrected chi connectivity index (χ4v) is 2.74. The molecule has 23 heavy (non-hydrogen) atoms. The summed E-state index contributed by atoms with van der Waals surface area (Å²) >= 11 is 3.44. The third-order valence-electron chi connectivity index (χ3n) is 3.52. The van der Waals surface area contributed by atoms with Gasteiger partial charge in [0, 0.05) is 35.2 Å². The van der Waals surface area contributed by atoms with E-state index in [4.69, 9.17) is 4.74 Å². The van der Waals surface area contributed by atoms with Gasteiger partial charge >= 0.3 is 0 Å². The highest BCUT2D eigenvalue weighted by Gasteiger charge is 2.05. The molecule has 0 saturated heterocycles. The topological polar surface area (TPSA) is 50.4 Å². The molecule has 0 bridgehead atoms. The van der Waals surface area contributed by atoms with Crippen molar-refractivity contribution in [3.05, 3.63) is 58.1 Å². The molecule has 0 heterocycles. The third-order valence-corrected chi connectivity index (χ3v) is 4.02. The molecule has 2 aromatic rings. The first-order valence-corrected chi connectivity index (χ1v) is 8.28. The molecule has 2 aromatic carbocycles. The lowest BCUT2D eigenvalue weighted by atomic mass is 10.2. The Labute approximate surface area is 145 Å². The van der Waals surface area contributed by atoms with Crippen LogP contribution in [0.1, 0.15) is 17.5 Å². The summed E-state index contributed by atoms with van der Waals surface area (Å²) in [4.78, 5) is 11.9. The van der Waals surface area contributed by atoms with Crippen LogP contribution in [0, 0.1) is 6.92 Å². The number of ether oxygens (including phenoxy) is 1. The summed E-state index contributed by atoms with van der Waals surface area (Å²) in [6.45, 7) is 3.11.